The molecule has 0 fully saturated rings. The smallest absolute Gasteiger partial charge is 0.326 e. The number of aliphatic carboxylic acids is 1. The fraction of sp³-hybridized carbons (Fsp3) is 0.367. The number of carboxylic acid groups (broad SMARTS) is 1. The molecule has 7 N–H and O–H groups in total. The van der Waals surface area contributed by atoms with Gasteiger partial charge in [-0.3, -0.25) is 14.4 Å². The largest absolute Gasteiger partial charge is 0.480 e. The number of hydrogen-bond donors (Lipinski definition) is 6. The molecule has 2 aromatic carbocycles. The third kappa shape index (κ3) is 9.57. The molecule has 11 nitrogen and oxygen atoms in total. The Morgan fingerprint density at radius 1 is 0.829 bits per heavy atom. The molecule has 1 aromatic heterocycles. The van der Waals surface area contributed by atoms with Crippen LogP contribution in [0.4, 0.5) is 0 Å². The monoisotopic (exact) mass is 562 g/mol. The second-order valence-electron chi connectivity index (χ2n) is 10.1. The highest BCUT2D eigenvalue weighted by atomic mass is 16.4. The maximum atomic E-state index is 13.7. The molecule has 11 heteroatoms. The topological polar surface area (TPSA) is 179 Å². The Hall–Kier alpha value is -4.51. The molecule has 41 heavy (non-hydrogen) atoms. The molecular formula is C30H38N6O5. The predicted molar refractivity (Wildman–Crippen MR) is 153 cm³/mol. The lowest BCUT2D eigenvalue weighted by atomic mass is 9.97. The van der Waals surface area contributed by atoms with Gasteiger partial charge in [-0.05, 0) is 17.0 Å². The molecule has 5 unspecified atom stereocenters. The van der Waals surface area contributed by atoms with Gasteiger partial charge in [0, 0.05) is 31.2 Å². The van der Waals surface area contributed by atoms with E-state index >= 15 is 0 Å². The summed E-state index contributed by atoms with van der Waals surface area (Å²) in [6, 6.07) is 14.0. The minimum absolute atomic E-state index is 0.122. The Labute approximate surface area is 239 Å². The van der Waals surface area contributed by atoms with E-state index in [1.807, 2.05) is 67.6 Å². The normalized spacial score (nSPS) is 14.6. The van der Waals surface area contributed by atoms with Crippen molar-refractivity contribution in [3.05, 3.63) is 90.0 Å². The van der Waals surface area contributed by atoms with Crippen LogP contribution in [0.25, 0.3) is 0 Å². The summed E-state index contributed by atoms with van der Waals surface area (Å²) in [7, 11) is 0. The van der Waals surface area contributed by atoms with E-state index < -0.39 is 47.9 Å². The molecule has 0 bridgehead atoms. The number of nitrogens with one attached hydrogen (secondary N) is 4. The quantitative estimate of drug-likeness (QED) is 0.162. The molecule has 0 radical (unpaired) electrons. The number of aromatic nitrogens is 2. The van der Waals surface area contributed by atoms with Crippen molar-refractivity contribution in [2.24, 2.45) is 11.7 Å². The average Bonchev–Trinajstić information content (AvgIpc) is 3.48. The summed E-state index contributed by atoms with van der Waals surface area (Å²) in [5.41, 5.74) is 8.35. The minimum Gasteiger partial charge on any atom is -0.480 e. The first-order chi connectivity index (χ1) is 19.7. The zero-order valence-electron chi connectivity index (χ0n) is 23.2. The SMILES string of the molecule is CCC(C)C(NC(=O)C(Cc1ccccc1)NC(=O)C(Cc1ccccc1)NC(=O)C(N)Cc1cnc[nH]1)C(=O)O. The number of imidazole rings is 1. The summed E-state index contributed by atoms with van der Waals surface area (Å²) in [5, 5.41) is 17.8. The second kappa shape index (κ2) is 15.3. The zero-order valence-corrected chi connectivity index (χ0v) is 23.2. The van der Waals surface area contributed by atoms with Crippen LogP contribution in [-0.2, 0) is 38.4 Å². The Morgan fingerprint density at radius 2 is 1.34 bits per heavy atom. The number of H-pyrrole nitrogens is 1. The van der Waals surface area contributed by atoms with Crippen molar-refractivity contribution in [3.8, 4) is 0 Å². The number of rotatable bonds is 15. The lowest BCUT2D eigenvalue weighted by Gasteiger charge is -2.27. The maximum absolute atomic E-state index is 13.7. The summed E-state index contributed by atoms with van der Waals surface area (Å²) in [6.07, 6.45) is 4.06. The van der Waals surface area contributed by atoms with Crippen LogP contribution in [-0.4, -0.2) is 62.9 Å². The summed E-state index contributed by atoms with van der Waals surface area (Å²) in [5.74, 6) is -3.25. The Bertz CT molecular complexity index is 1270. The van der Waals surface area contributed by atoms with Crippen molar-refractivity contribution < 1.29 is 24.3 Å². The van der Waals surface area contributed by atoms with Crippen LogP contribution in [0.3, 0.4) is 0 Å². The van der Waals surface area contributed by atoms with E-state index in [9.17, 15) is 24.3 Å². The number of amides is 3. The number of benzene rings is 2. The van der Waals surface area contributed by atoms with Gasteiger partial charge in [0.2, 0.25) is 17.7 Å². The van der Waals surface area contributed by atoms with Crippen molar-refractivity contribution in [1.82, 2.24) is 25.9 Å². The molecule has 1 heterocycles. The van der Waals surface area contributed by atoms with Gasteiger partial charge >= 0.3 is 5.97 Å². The van der Waals surface area contributed by atoms with Crippen molar-refractivity contribution in [1.29, 1.82) is 0 Å². The van der Waals surface area contributed by atoms with Crippen molar-refractivity contribution in [2.75, 3.05) is 0 Å². The van der Waals surface area contributed by atoms with Gasteiger partial charge < -0.3 is 31.8 Å². The van der Waals surface area contributed by atoms with Gasteiger partial charge in [0.05, 0.1) is 12.4 Å². The number of carbonyl (C=O) groups is 4. The molecule has 218 valence electrons. The highest BCUT2D eigenvalue weighted by Crippen LogP contribution is 2.11. The molecule has 3 amide bonds. The molecule has 3 rings (SSSR count). The lowest BCUT2D eigenvalue weighted by molar-refractivity contribution is -0.143. The molecule has 0 aliphatic carbocycles. The van der Waals surface area contributed by atoms with E-state index in [-0.39, 0.29) is 25.2 Å². The van der Waals surface area contributed by atoms with E-state index in [1.165, 1.54) is 6.33 Å². The summed E-state index contributed by atoms with van der Waals surface area (Å²) < 4.78 is 0. The molecular weight excluding hydrogens is 524 g/mol. The molecule has 5 atom stereocenters. The van der Waals surface area contributed by atoms with Gasteiger partial charge in [-0.25, -0.2) is 9.78 Å². The fourth-order valence-corrected chi connectivity index (χ4v) is 4.33. The first-order valence-electron chi connectivity index (χ1n) is 13.6. The first kappa shape index (κ1) is 31.0. The van der Waals surface area contributed by atoms with Crippen molar-refractivity contribution >= 4 is 23.7 Å². The van der Waals surface area contributed by atoms with Gasteiger partial charge in [0.15, 0.2) is 0 Å². The molecule has 0 aliphatic rings. The van der Waals surface area contributed by atoms with E-state index in [2.05, 4.69) is 25.9 Å². The second-order valence-corrected chi connectivity index (χ2v) is 10.1. The Balaban J connectivity index is 1.82. The van der Waals surface area contributed by atoms with Gasteiger partial charge in [-0.15, -0.1) is 0 Å². The van der Waals surface area contributed by atoms with E-state index in [4.69, 9.17) is 5.73 Å². The molecule has 0 saturated heterocycles. The number of carboxylic acids is 1. The number of nitrogens with two attached hydrogens (primary N) is 1. The van der Waals surface area contributed by atoms with Crippen molar-refractivity contribution in [2.45, 2.75) is 63.7 Å². The fourth-order valence-electron chi connectivity index (χ4n) is 4.33. The van der Waals surface area contributed by atoms with Crippen LogP contribution in [0.15, 0.2) is 73.2 Å². The van der Waals surface area contributed by atoms with Gasteiger partial charge in [-0.1, -0.05) is 80.9 Å². The summed E-state index contributed by atoms with van der Waals surface area (Å²) >= 11 is 0. The minimum atomic E-state index is -1.15. The lowest BCUT2D eigenvalue weighted by Crippen LogP contribution is -2.58. The zero-order chi connectivity index (χ0) is 29.8. The van der Waals surface area contributed by atoms with Crippen LogP contribution < -0.4 is 21.7 Å². The van der Waals surface area contributed by atoms with Crippen LogP contribution in [0, 0.1) is 5.92 Å². The highest BCUT2D eigenvalue weighted by Gasteiger charge is 2.32. The molecule has 0 saturated carbocycles. The number of hydrogen-bond acceptors (Lipinski definition) is 6. The van der Waals surface area contributed by atoms with Crippen molar-refractivity contribution in [3.63, 3.8) is 0 Å². The van der Waals surface area contributed by atoms with Crippen LogP contribution in [0.2, 0.25) is 0 Å². The number of carbonyl (C=O) groups excluding carboxylic acids is 3. The van der Waals surface area contributed by atoms with E-state index in [1.54, 1.807) is 13.1 Å². The highest BCUT2D eigenvalue weighted by molar-refractivity contribution is 5.94. The average molecular weight is 563 g/mol. The predicted octanol–water partition coefficient (Wildman–Crippen LogP) is 1.35. The van der Waals surface area contributed by atoms with E-state index in [0.717, 1.165) is 11.1 Å². The number of nitrogens with zero attached hydrogens (tertiary/aromatic N) is 1. The standard InChI is InChI=1S/C30H38N6O5/c1-3-19(2)26(30(40)41)36-29(39)25(15-21-12-8-5-9-13-21)35-28(38)24(14-20-10-6-4-7-11-20)34-27(37)23(31)16-22-17-32-18-33-22/h4-13,17-19,23-26H,3,14-16,31H2,1-2H3,(H,32,33)(H,34,37)(H,35,38)(H,36,39)(H,40,41). The first-order valence-corrected chi connectivity index (χ1v) is 13.6. The molecule has 3 aromatic rings. The van der Waals surface area contributed by atoms with Gasteiger partial charge in [0.1, 0.15) is 18.1 Å². The van der Waals surface area contributed by atoms with Crippen LogP contribution in [0.1, 0.15) is 37.1 Å². The summed E-state index contributed by atoms with van der Waals surface area (Å²) in [4.78, 5) is 58.8. The van der Waals surface area contributed by atoms with Gasteiger partial charge in [-0.2, -0.15) is 0 Å². The Kier molecular flexibility index (Phi) is 11.6. The van der Waals surface area contributed by atoms with Gasteiger partial charge in [0.25, 0.3) is 0 Å². The third-order valence-corrected chi connectivity index (χ3v) is 6.94. The van der Waals surface area contributed by atoms with Crippen LogP contribution >= 0.6 is 0 Å². The Morgan fingerprint density at radius 3 is 1.80 bits per heavy atom. The molecule has 0 aliphatic heterocycles. The molecule has 0 spiro atoms. The van der Waals surface area contributed by atoms with E-state index in [0.29, 0.717) is 12.1 Å². The third-order valence-electron chi connectivity index (χ3n) is 6.94. The van der Waals surface area contributed by atoms with Crippen LogP contribution in [0.5, 0.6) is 0 Å². The number of aromatic amines is 1. The summed E-state index contributed by atoms with van der Waals surface area (Å²) in [6.45, 7) is 3.58. The maximum Gasteiger partial charge on any atom is 0.326 e.